The molecule has 1 saturated carbocycles. The largest absolute Gasteiger partial charge is 0.481 e. The van der Waals surface area contributed by atoms with Gasteiger partial charge in [-0.25, -0.2) is 0 Å². The zero-order chi connectivity index (χ0) is 6.36. The first-order valence-corrected chi connectivity index (χ1v) is 2.83. The average molecular weight is 135 g/mol. The Hall–Kier alpha value is -0.240. The van der Waals surface area contributed by atoms with Gasteiger partial charge in [-0.05, 0) is 13.3 Å². The van der Waals surface area contributed by atoms with Crippen LogP contribution in [0.5, 0.6) is 0 Å². The number of rotatable bonds is 1. The molecule has 2 unspecified atom stereocenters. The van der Waals surface area contributed by atoms with Crippen molar-refractivity contribution in [3.63, 3.8) is 0 Å². The summed E-state index contributed by atoms with van der Waals surface area (Å²) in [6.07, 6.45) is 0.615. The van der Waals surface area contributed by atoms with Crippen molar-refractivity contribution in [1.82, 2.24) is 0 Å². The van der Waals surface area contributed by atoms with E-state index in [2.05, 4.69) is 0 Å². The molecule has 1 fully saturated rings. The predicted molar refractivity (Wildman–Crippen MR) is 30.0 cm³/mol. The van der Waals surface area contributed by atoms with Crippen LogP contribution in [0.4, 0.5) is 0 Å². The third kappa shape index (κ3) is 0.802. The Labute approximate surface area is 52.5 Å². The molecule has 0 heterocycles. The highest BCUT2D eigenvalue weighted by atomic mass is 35.5. The molecule has 0 aliphatic heterocycles. The number of halogens is 1. The molecule has 2 atom stereocenters. The maximum absolute atomic E-state index is 10.1. The van der Waals surface area contributed by atoms with Crippen LogP contribution in [0.15, 0.2) is 0 Å². The first kappa shape index (κ1) is 5.89. The molecule has 1 N–H and O–H groups in total. The Morgan fingerprint density at radius 3 is 2.38 bits per heavy atom. The smallest absolute Gasteiger partial charge is 0.308 e. The average Bonchev–Trinajstić information content (AvgIpc) is 2.13. The molecule has 0 aromatic heterocycles. The molecule has 0 bridgehead atoms. The minimum absolute atomic E-state index is 0.302. The van der Waals surface area contributed by atoms with Crippen LogP contribution >= 0.6 is 11.6 Å². The lowest BCUT2D eigenvalue weighted by atomic mass is 10.3. The second kappa shape index (κ2) is 1.38. The SMILES string of the molecule is CC1(Cl)CC1C(=O)O. The molecule has 46 valence electrons. The standard InChI is InChI=1S/C5H7ClO2/c1-5(6)2-3(5)4(7)8/h3H,2H2,1H3,(H,7,8). The minimum atomic E-state index is -0.775. The van der Waals surface area contributed by atoms with Crippen molar-refractivity contribution >= 4 is 17.6 Å². The van der Waals surface area contributed by atoms with Crippen LogP contribution in [0, 0.1) is 5.92 Å². The van der Waals surface area contributed by atoms with E-state index in [0.717, 1.165) is 0 Å². The van der Waals surface area contributed by atoms with E-state index in [-0.39, 0.29) is 5.92 Å². The van der Waals surface area contributed by atoms with Gasteiger partial charge in [-0.3, -0.25) is 4.79 Å². The number of carboxylic acids is 1. The molecule has 0 amide bonds. The van der Waals surface area contributed by atoms with Gasteiger partial charge in [0.2, 0.25) is 0 Å². The Morgan fingerprint density at radius 1 is 2.00 bits per heavy atom. The van der Waals surface area contributed by atoms with Gasteiger partial charge in [0, 0.05) is 0 Å². The topological polar surface area (TPSA) is 37.3 Å². The summed E-state index contributed by atoms with van der Waals surface area (Å²) in [5.74, 6) is -1.08. The van der Waals surface area contributed by atoms with E-state index in [0.29, 0.717) is 6.42 Å². The zero-order valence-electron chi connectivity index (χ0n) is 4.52. The van der Waals surface area contributed by atoms with Gasteiger partial charge in [0.05, 0.1) is 10.8 Å². The summed E-state index contributed by atoms with van der Waals surface area (Å²) in [7, 11) is 0. The van der Waals surface area contributed by atoms with E-state index in [9.17, 15) is 4.79 Å². The van der Waals surface area contributed by atoms with Crippen molar-refractivity contribution in [1.29, 1.82) is 0 Å². The first-order chi connectivity index (χ1) is 3.54. The first-order valence-electron chi connectivity index (χ1n) is 2.46. The van der Waals surface area contributed by atoms with Gasteiger partial charge in [-0.2, -0.15) is 0 Å². The maximum atomic E-state index is 10.1. The molecule has 3 heteroatoms. The van der Waals surface area contributed by atoms with E-state index in [1.54, 1.807) is 6.92 Å². The third-order valence-electron chi connectivity index (χ3n) is 1.47. The highest BCUT2D eigenvalue weighted by molar-refractivity contribution is 6.27. The monoisotopic (exact) mass is 134 g/mol. The lowest BCUT2D eigenvalue weighted by molar-refractivity contribution is -0.138. The van der Waals surface area contributed by atoms with Crippen LogP contribution in [-0.4, -0.2) is 16.0 Å². The molecule has 0 aromatic rings. The molecule has 1 aliphatic rings. The third-order valence-corrected chi connectivity index (χ3v) is 1.89. The van der Waals surface area contributed by atoms with Crippen molar-refractivity contribution in [2.45, 2.75) is 18.2 Å². The predicted octanol–water partition coefficient (Wildman–Crippen LogP) is 1.09. The van der Waals surface area contributed by atoms with Crippen LogP contribution in [-0.2, 0) is 4.79 Å². The van der Waals surface area contributed by atoms with E-state index in [1.807, 2.05) is 0 Å². The Bertz CT molecular complexity index is 130. The fraction of sp³-hybridized carbons (Fsp3) is 0.800. The summed E-state index contributed by atoms with van der Waals surface area (Å²) in [5.41, 5.74) is 0. The van der Waals surface area contributed by atoms with Gasteiger partial charge in [0.1, 0.15) is 0 Å². The summed E-state index contributed by atoms with van der Waals surface area (Å²) in [6, 6.07) is 0. The molecule has 0 aromatic carbocycles. The molecule has 0 radical (unpaired) electrons. The maximum Gasteiger partial charge on any atom is 0.308 e. The molecule has 0 spiro atoms. The molecule has 1 aliphatic carbocycles. The molecular weight excluding hydrogens is 128 g/mol. The fourth-order valence-electron chi connectivity index (χ4n) is 0.685. The number of aliphatic carboxylic acids is 1. The van der Waals surface area contributed by atoms with Gasteiger partial charge >= 0.3 is 5.97 Å². The normalized spacial score (nSPS) is 44.0. The lowest BCUT2D eigenvalue weighted by Gasteiger charge is -1.91. The quantitative estimate of drug-likeness (QED) is 0.545. The summed E-state index contributed by atoms with van der Waals surface area (Å²) < 4.78 is 0. The second-order valence-electron chi connectivity index (χ2n) is 2.37. The summed E-state index contributed by atoms with van der Waals surface area (Å²) >= 11 is 5.62. The van der Waals surface area contributed by atoms with Gasteiger partial charge < -0.3 is 5.11 Å². The molecule has 0 saturated heterocycles. The number of carbonyl (C=O) groups is 1. The summed E-state index contributed by atoms with van der Waals surface area (Å²) in [5, 5.41) is 8.30. The van der Waals surface area contributed by atoms with Crippen LogP contribution < -0.4 is 0 Å². The Balaban J connectivity index is 2.48. The molecule has 8 heavy (non-hydrogen) atoms. The van der Waals surface area contributed by atoms with Crippen LogP contribution in [0.1, 0.15) is 13.3 Å². The molecule has 1 rings (SSSR count). The summed E-state index contributed by atoms with van der Waals surface area (Å²) in [4.78, 5) is 9.65. The van der Waals surface area contributed by atoms with Crippen LogP contribution in [0.2, 0.25) is 0 Å². The van der Waals surface area contributed by atoms with Crippen molar-refractivity contribution in [2.24, 2.45) is 5.92 Å². The molecule has 2 nitrogen and oxygen atoms in total. The second-order valence-corrected chi connectivity index (χ2v) is 3.24. The van der Waals surface area contributed by atoms with Crippen molar-refractivity contribution in [3.8, 4) is 0 Å². The van der Waals surface area contributed by atoms with Gasteiger partial charge in [-0.15, -0.1) is 11.6 Å². The van der Waals surface area contributed by atoms with Crippen molar-refractivity contribution < 1.29 is 9.90 Å². The van der Waals surface area contributed by atoms with Crippen LogP contribution in [0.25, 0.3) is 0 Å². The lowest BCUT2D eigenvalue weighted by Crippen LogP contribution is -2.05. The van der Waals surface area contributed by atoms with Gasteiger partial charge in [0.15, 0.2) is 0 Å². The highest BCUT2D eigenvalue weighted by Crippen LogP contribution is 2.48. The summed E-state index contributed by atoms with van der Waals surface area (Å²) in [6.45, 7) is 1.74. The van der Waals surface area contributed by atoms with Gasteiger partial charge in [0.25, 0.3) is 0 Å². The molecular formula is C5H7ClO2. The fourth-order valence-corrected chi connectivity index (χ4v) is 0.933. The minimum Gasteiger partial charge on any atom is -0.481 e. The van der Waals surface area contributed by atoms with E-state index >= 15 is 0 Å². The highest BCUT2D eigenvalue weighted by Gasteiger charge is 2.53. The Morgan fingerprint density at radius 2 is 2.38 bits per heavy atom. The van der Waals surface area contributed by atoms with E-state index < -0.39 is 10.8 Å². The number of carboxylic acid groups (broad SMARTS) is 1. The van der Waals surface area contributed by atoms with Crippen molar-refractivity contribution in [3.05, 3.63) is 0 Å². The number of hydrogen-bond donors (Lipinski definition) is 1. The zero-order valence-corrected chi connectivity index (χ0v) is 5.27. The van der Waals surface area contributed by atoms with Crippen LogP contribution in [0.3, 0.4) is 0 Å². The van der Waals surface area contributed by atoms with E-state index in [1.165, 1.54) is 0 Å². The Kier molecular flexibility index (Phi) is 1.01. The number of hydrogen-bond acceptors (Lipinski definition) is 1. The number of alkyl halides is 1. The van der Waals surface area contributed by atoms with Gasteiger partial charge in [-0.1, -0.05) is 0 Å². The van der Waals surface area contributed by atoms with E-state index in [4.69, 9.17) is 16.7 Å². The van der Waals surface area contributed by atoms with Crippen molar-refractivity contribution in [2.75, 3.05) is 0 Å².